The second kappa shape index (κ2) is 21.0. The summed E-state index contributed by atoms with van der Waals surface area (Å²) in [7, 11) is 1.38. The fraction of sp³-hybridized carbons (Fsp3) is 0.824. The third-order valence-electron chi connectivity index (χ3n) is 2.93. The molecule has 1 atom stereocenters. The van der Waals surface area contributed by atoms with Gasteiger partial charge in [-0.3, -0.25) is 0 Å². The zero-order valence-electron chi connectivity index (χ0n) is 14.7. The van der Waals surface area contributed by atoms with Crippen molar-refractivity contribution in [1.82, 2.24) is 0 Å². The number of hydrogen-bond acceptors (Lipinski definition) is 6. The topological polar surface area (TPSA) is 85.2 Å². The first kappa shape index (κ1) is 24.3. The molecule has 0 aromatic heterocycles. The molecule has 0 aliphatic carbocycles. The summed E-state index contributed by atoms with van der Waals surface area (Å²) in [4.78, 5) is 10.6. The van der Waals surface area contributed by atoms with E-state index < -0.39 is 6.29 Å². The Morgan fingerprint density at radius 2 is 1.74 bits per heavy atom. The molecule has 23 heavy (non-hydrogen) atoms. The molecule has 0 spiro atoms. The van der Waals surface area contributed by atoms with E-state index >= 15 is 0 Å². The molecule has 0 radical (unpaired) electrons. The number of aliphatic hydroxyl groups is 2. The number of hydrogen-bond donors (Lipinski definition) is 2. The van der Waals surface area contributed by atoms with Gasteiger partial charge in [0.25, 0.3) is 0 Å². The molecule has 0 aliphatic heterocycles. The SMILES string of the molecule is C=CC(=O)OCCCCCCCCC.COC(O)COCCO. The minimum Gasteiger partial charge on any atom is -0.463 e. The van der Waals surface area contributed by atoms with Crippen molar-refractivity contribution < 1.29 is 29.2 Å². The van der Waals surface area contributed by atoms with Crippen LogP contribution in [-0.4, -0.2) is 56.0 Å². The van der Waals surface area contributed by atoms with E-state index in [2.05, 4.69) is 18.2 Å². The molecule has 0 bridgehead atoms. The summed E-state index contributed by atoms with van der Waals surface area (Å²) in [5, 5.41) is 16.9. The van der Waals surface area contributed by atoms with Gasteiger partial charge in [-0.15, -0.1) is 0 Å². The lowest BCUT2D eigenvalue weighted by molar-refractivity contribution is -0.137. The first-order chi connectivity index (χ1) is 11.1. The Hall–Kier alpha value is -0.950. The Kier molecular flexibility index (Phi) is 22.2. The number of carbonyl (C=O) groups is 1. The Labute approximate surface area is 140 Å². The van der Waals surface area contributed by atoms with E-state index in [0.29, 0.717) is 6.61 Å². The maximum atomic E-state index is 10.6. The van der Waals surface area contributed by atoms with Gasteiger partial charge in [0.1, 0.15) is 0 Å². The Bertz CT molecular complexity index is 257. The highest BCUT2D eigenvalue weighted by Crippen LogP contribution is 2.06. The fourth-order valence-electron chi connectivity index (χ4n) is 1.61. The van der Waals surface area contributed by atoms with Crippen LogP contribution >= 0.6 is 0 Å². The van der Waals surface area contributed by atoms with Crippen LogP contribution in [0.2, 0.25) is 0 Å². The third-order valence-corrected chi connectivity index (χ3v) is 2.93. The summed E-state index contributed by atoms with van der Waals surface area (Å²) in [6.07, 6.45) is 9.00. The Morgan fingerprint density at radius 1 is 1.13 bits per heavy atom. The quantitative estimate of drug-likeness (QED) is 0.220. The lowest BCUT2D eigenvalue weighted by Crippen LogP contribution is -2.18. The molecule has 0 saturated carbocycles. The van der Waals surface area contributed by atoms with E-state index in [1.54, 1.807) is 0 Å². The van der Waals surface area contributed by atoms with Crippen LogP contribution in [0.1, 0.15) is 51.9 Å². The maximum absolute atomic E-state index is 10.6. The molecule has 0 aliphatic rings. The summed E-state index contributed by atoms with van der Waals surface area (Å²) < 4.78 is 14.0. The van der Waals surface area contributed by atoms with Gasteiger partial charge < -0.3 is 24.4 Å². The van der Waals surface area contributed by atoms with Gasteiger partial charge in [-0.25, -0.2) is 4.79 Å². The van der Waals surface area contributed by atoms with Gasteiger partial charge in [0, 0.05) is 13.2 Å². The standard InChI is InChI=1S/C12H22O2.C5H12O4/c1-3-5-6-7-8-9-10-11-14-12(13)4-2;1-8-5(7)4-9-3-2-6/h4H,2-3,5-11H2,1H3;5-7H,2-4H2,1H3. The van der Waals surface area contributed by atoms with E-state index in [-0.39, 0.29) is 25.8 Å². The van der Waals surface area contributed by atoms with Crippen molar-refractivity contribution in [3.05, 3.63) is 12.7 Å². The van der Waals surface area contributed by atoms with Crippen molar-refractivity contribution in [3.8, 4) is 0 Å². The second-order valence-electron chi connectivity index (χ2n) is 4.98. The predicted octanol–water partition coefficient (Wildman–Crippen LogP) is 2.43. The molecule has 6 nitrogen and oxygen atoms in total. The number of unbranched alkanes of at least 4 members (excludes halogenated alkanes) is 6. The van der Waals surface area contributed by atoms with Gasteiger partial charge in [0.05, 0.1) is 26.4 Å². The lowest BCUT2D eigenvalue weighted by Gasteiger charge is -2.06. The summed E-state index contributed by atoms with van der Waals surface area (Å²) in [5.41, 5.74) is 0. The summed E-state index contributed by atoms with van der Waals surface area (Å²) in [6, 6.07) is 0. The lowest BCUT2D eigenvalue weighted by atomic mass is 10.1. The molecule has 0 amide bonds. The smallest absolute Gasteiger partial charge is 0.330 e. The molecule has 0 aromatic rings. The van der Waals surface area contributed by atoms with Gasteiger partial charge in [0.2, 0.25) is 0 Å². The van der Waals surface area contributed by atoms with E-state index in [9.17, 15) is 4.79 Å². The highest BCUT2D eigenvalue weighted by molar-refractivity contribution is 5.81. The molecule has 0 saturated heterocycles. The molecular weight excluding hydrogens is 300 g/mol. The van der Waals surface area contributed by atoms with Gasteiger partial charge in [-0.05, 0) is 6.42 Å². The summed E-state index contributed by atoms with van der Waals surface area (Å²) in [6.45, 7) is 6.41. The average molecular weight is 334 g/mol. The maximum Gasteiger partial charge on any atom is 0.330 e. The minimum absolute atomic E-state index is 0.0313. The molecular formula is C17H34O6. The fourth-order valence-corrected chi connectivity index (χ4v) is 1.61. The van der Waals surface area contributed by atoms with Crippen LogP contribution in [0.4, 0.5) is 0 Å². The number of esters is 1. The van der Waals surface area contributed by atoms with Crippen molar-refractivity contribution in [2.75, 3.05) is 33.5 Å². The molecule has 6 heteroatoms. The Balaban J connectivity index is 0. The molecule has 0 rings (SSSR count). The van der Waals surface area contributed by atoms with Crippen LogP contribution in [0.5, 0.6) is 0 Å². The first-order valence-electron chi connectivity index (χ1n) is 8.30. The molecule has 0 heterocycles. The molecule has 0 fully saturated rings. The van der Waals surface area contributed by atoms with Crippen LogP contribution in [0.25, 0.3) is 0 Å². The monoisotopic (exact) mass is 334 g/mol. The van der Waals surface area contributed by atoms with Crippen molar-refractivity contribution in [3.63, 3.8) is 0 Å². The van der Waals surface area contributed by atoms with Gasteiger partial charge in [-0.2, -0.15) is 0 Å². The van der Waals surface area contributed by atoms with Crippen LogP contribution in [0.15, 0.2) is 12.7 Å². The van der Waals surface area contributed by atoms with Crippen LogP contribution in [-0.2, 0) is 19.0 Å². The zero-order chi connectivity index (χ0) is 17.8. The van der Waals surface area contributed by atoms with E-state index in [0.717, 1.165) is 12.8 Å². The van der Waals surface area contributed by atoms with E-state index in [1.165, 1.54) is 45.3 Å². The number of aliphatic hydroxyl groups excluding tert-OH is 2. The number of carbonyl (C=O) groups excluding carboxylic acids is 1. The molecule has 138 valence electrons. The van der Waals surface area contributed by atoms with Gasteiger partial charge in [-0.1, -0.05) is 52.0 Å². The number of ether oxygens (including phenoxy) is 3. The van der Waals surface area contributed by atoms with Crippen LogP contribution < -0.4 is 0 Å². The number of rotatable bonds is 14. The van der Waals surface area contributed by atoms with Crippen LogP contribution in [0, 0.1) is 0 Å². The van der Waals surface area contributed by atoms with Gasteiger partial charge in [0.15, 0.2) is 6.29 Å². The number of methoxy groups -OCH3 is 1. The van der Waals surface area contributed by atoms with Gasteiger partial charge >= 0.3 is 5.97 Å². The highest BCUT2D eigenvalue weighted by atomic mass is 16.6. The second-order valence-corrected chi connectivity index (χ2v) is 4.98. The van der Waals surface area contributed by atoms with E-state index in [1.807, 2.05) is 0 Å². The molecule has 1 unspecified atom stereocenters. The molecule has 2 N–H and O–H groups in total. The zero-order valence-corrected chi connectivity index (χ0v) is 14.7. The predicted molar refractivity (Wildman–Crippen MR) is 90.1 cm³/mol. The van der Waals surface area contributed by atoms with Crippen molar-refractivity contribution in [2.45, 2.75) is 58.2 Å². The van der Waals surface area contributed by atoms with E-state index in [4.69, 9.17) is 19.7 Å². The normalized spacial score (nSPS) is 11.3. The Morgan fingerprint density at radius 3 is 2.26 bits per heavy atom. The van der Waals surface area contributed by atoms with Crippen molar-refractivity contribution in [1.29, 1.82) is 0 Å². The van der Waals surface area contributed by atoms with Crippen LogP contribution in [0.3, 0.4) is 0 Å². The summed E-state index contributed by atoms with van der Waals surface area (Å²) in [5.74, 6) is -0.309. The van der Waals surface area contributed by atoms with Crippen molar-refractivity contribution in [2.24, 2.45) is 0 Å². The largest absolute Gasteiger partial charge is 0.463 e. The summed E-state index contributed by atoms with van der Waals surface area (Å²) >= 11 is 0. The minimum atomic E-state index is -0.878. The highest BCUT2D eigenvalue weighted by Gasteiger charge is 1.98. The average Bonchev–Trinajstić information content (AvgIpc) is 2.57. The van der Waals surface area contributed by atoms with Crippen molar-refractivity contribution >= 4 is 5.97 Å². The first-order valence-corrected chi connectivity index (χ1v) is 8.30. The molecule has 0 aromatic carbocycles. The third kappa shape index (κ3) is 23.4.